The number of piperidine rings is 2. The minimum atomic E-state index is 0.420. The highest BCUT2D eigenvalue weighted by molar-refractivity contribution is 5.10. The molecule has 4 N–H and O–H groups in total. The monoisotopic (exact) mass is 382 g/mol. The summed E-state index contributed by atoms with van der Waals surface area (Å²) in [7, 11) is 0. The number of aromatic nitrogens is 2. The Morgan fingerprint density at radius 1 is 0.643 bits per heavy atom. The molecule has 2 saturated heterocycles. The van der Waals surface area contributed by atoms with E-state index in [1.807, 2.05) is 24.8 Å². The normalized spacial score (nSPS) is 19.8. The molecule has 2 aromatic rings. The van der Waals surface area contributed by atoms with E-state index in [4.69, 9.17) is 11.5 Å². The second-order valence-corrected chi connectivity index (χ2v) is 7.94. The second-order valence-electron chi connectivity index (χ2n) is 7.94. The van der Waals surface area contributed by atoms with Crippen molar-refractivity contribution < 1.29 is 0 Å². The molecule has 6 nitrogen and oxygen atoms in total. The van der Waals surface area contributed by atoms with Crippen LogP contribution < -0.4 is 11.5 Å². The van der Waals surface area contributed by atoms with Gasteiger partial charge >= 0.3 is 0 Å². The highest BCUT2D eigenvalue weighted by Gasteiger charge is 2.16. The van der Waals surface area contributed by atoms with Crippen molar-refractivity contribution in [1.29, 1.82) is 0 Å². The summed E-state index contributed by atoms with van der Waals surface area (Å²) in [6.45, 7) is 6.59. The molecule has 0 radical (unpaired) electrons. The average Bonchev–Trinajstić information content (AvgIpc) is 2.74. The number of rotatable bonds is 4. The molecular formula is C22H34N6. The molecule has 2 fully saturated rings. The molecule has 4 heterocycles. The first-order valence-corrected chi connectivity index (χ1v) is 10.4. The summed E-state index contributed by atoms with van der Waals surface area (Å²) in [5, 5.41) is 0. The maximum absolute atomic E-state index is 5.85. The van der Waals surface area contributed by atoms with Crippen molar-refractivity contribution >= 4 is 0 Å². The van der Waals surface area contributed by atoms with Gasteiger partial charge in [-0.2, -0.15) is 0 Å². The third-order valence-corrected chi connectivity index (χ3v) is 5.58. The van der Waals surface area contributed by atoms with Crippen molar-refractivity contribution in [3.05, 3.63) is 60.2 Å². The molecule has 0 unspecified atom stereocenters. The summed E-state index contributed by atoms with van der Waals surface area (Å²) in [5.74, 6) is 0. The van der Waals surface area contributed by atoms with Gasteiger partial charge in [-0.3, -0.25) is 19.8 Å². The highest BCUT2D eigenvalue weighted by atomic mass is 15.1. The highest BCUT2D eigenvalue weighted by Crippen LogP contribution is 2.12. The van der Waals surface area contributed by atoms with Gasteiger partial charge in [0.15, 0.2) is 0 Å². The van der Waals surface area contributed by atoms with Crippen LogP contribution in [0.2, 0.25) is 0 Å². The number of pyridine rings is 2. The fourth-order valence-corrected chi connectivity index (χ4v) is 3.71. The quantitative estimate of drug-likeness (QED) is 0.841. The van der Waals surface area contributed by atoms with E-state index in [1.54, 1.807) is 0 Å². The van der Waals surface area contributed by atoms with Crippen LogP contribution in [-0.2, 0) is 13.1 Å². The summed E-state index contributed by atoms with van der Waals surface area (Å²) in [6, 6.07) is 9.15. The smallest absolute Gasteiger partial charge is 0.0271 e. The van der Waals surface area contributed by atoms with Gasteiger partial charge in [0.25, 0.3) is 0 Å². The lowest BCUT2D eigenvalue weighted by Crippen LogP contribution is -2.39. The van der Waals surface area contributed by atoms with E-state index in [2.05, 4.69) is 44.0 Å². The first kappa shape index (κ1) is 20.9. The van der Waals surface area contributed by atoms with Gasteiger partial charge in [0.05, 0.1) is 0 Å². The Hall–Kier alpha value is -1.86. The fraction of sp³-hybridized carbons (Fsp3) is 0.545. The Labute approximate surface area is 169 Å². The van der Waals surface area contributed by atoms with E-state index in [0.717, 1.165) is 65.0 Å². The van der Waals surface area contributed by atoms with Gasteiger partial charge in [-0.25, -0.2) is 0 Å². The van der Waals surface area contributed by atoms with Crippen molar-refractivity contribution in [2.24, 2.45) is 11.5 Å². The molecule has 0 spiro atoms. The van der Waals surface area contributed by atoms with Crippen molar-refractivity contribution in [1.82, 2.24) is 19.8 Å². The van der Waals surface area contributed by atoms with Gasteiger partial charge in [-0.15, -0.1) is 0 Å². The van der Waals surface area contributed by atoms with Crippen molar-refractivity contribution in [2.45, 2.75) is 50.9 Å². The van der Waals surface area contributed by atoms with Crippen LogP contribution in [0.4, 0.5) is 0 Å². The van der Waals surface area contributed by atoms with Crippen LogP contribution in [0.25, 0.3) is 0 Å². The van der Waals surface area contributed by atoms with Gasteiger partial charge in [0, 0.05) is 50.0 Å². The topological polar surface area (TPSA) is 84.3 Å². The van der Waals surface area contributed by atoms with E-state index in [0.29, 0.717) is 12.1 Å². The maximum Gasteiger partial charge on any atom is 0.0271 e. The number of nitrogens with two attached hydrogens (primary N) is 2. The molecule has 0 aliphatic carbocycles. The maximum atomic E-state index is 5.85. The third kappa shape index (κ3) is 7.28. The van der Waals surface area contributed by atoms with Crippen molar-refractivity contribution in [3.63, 3.8) is 0 Å². The first-order chi connectivity index (χ1) is 13.7. The first-order valence-electron chi connectivity index (χ1n) is 10.4. The molecule has 6 heteroatoms. The van der Waals surface area contributed by atoms with Gasteiger partial charge in [0.1, 0.15) is 0 Å². The van der Waals surface area contributed by atoms with Crippen LogP contribution in [0.15, 0.2) is 49.1 Å². The van der Waals surface area contributed by atoms with Gasteiger partial charge < -0.3 is 11.5 Å². The van der Waals surface area contributed by atoms with Crippen molar-refractivity contribution in [2.75, 3.05) is 26.2 Å². The number of hydrogen-bond acceptors (Lipinski definition) is 6. The molecule has 2 aliphatic heterocycles. The summed E-state index contributed by atoms with van der Waals surface area (Å²) in [4.78, 5) is 12.9. The summed E-state index contributed by atoms with van der Waals surface area (Å²) >= 11 is 0. The lowest BCUT2D eigenvalue weighted by atomic mass is 10.1. The van der Waals surface area contributed by atoms with E-state index in [1.165, 1.54) is 11.1 Å². The minimum absolute atomic E-state index is 0.420. The Morgan fingerprint density at radius 2 is 0.964 bits per heavy atom. The molecule has 0 saturated carbocycles. The predicted molar refractivity (Wildman–Crippen MR) is 113 cm³/mol. The molecule has 0 aromatic carbocycles. The zero-order chi connectivity index (χ0) is 19.6. The SMILES string of the molecule is NC1CCN(Cc2ccncc2)CC1.NC1CCN(Cc2ccncc2)CC1. The average molecular weight is 383 g/mol. The predicted octanol–water partition coefficient (Wildman–Crippen LogP) is 2.01. The summed E-state index contributed by atoms with van der Waals surface area (Å²) < 4.78 is 0. The number of nitrogens with zero attached hydrogens (tertiary/aromatic N) is 4. The van der Waals surface area contributed by atoms with E-state index >= 15 is 0 Å². The fourth-order valence-electron chi connectivity index (χ4n) is 3.71. The lowest BCUT2D eigenvalue weighted by molar-refractivity contribution is 0.205. The molecule has 0 bridgehead atoms. The summed E-state index contributed by atoms with van der Waals surface area (Å²) in [5.41, 5.74) is 14.4. The zero-order valence-corrected chi connectivity index (χ0v) is 16.8. The Bertz CT molecular complexity index is 590. The molecule has 28 heavy (non-hydrogen) atoms. The molecule has 2 aromatic heterocycles. The largest absolute Gasteiger partial charge is 0.328 e. The van der Waals surface area contributed by atoms with Crippen LogP contribution in [0, 0.1) is 0 Å². The Balaban J connectivity index is 0.000000161. The van der Waals surface area contributed by atoms with Crippen LogP contribution in [0.1, 0.15) is 36.8 Å². The Kier molecular flexibility index (Phi) is 8.36. The van der Waals surface area contributed by atoms with E-state index in [9.17, 15) is 0 Å². The molecule has 152 valence electrons. The standard InChI is InChI=1S/2C11H17N3/c2*12-11-3-7-14(8-4-11)9-10-1-5-13-6-2-10/h2*1-2,5-6,11H,3-4,7-9,12H2. The molecule has 2 aliphatic rings. The van der Waals surface area contributed by atoms with Crippen LogP contribution in [0.5, 0.6) is 0 Å². The summed E-state index contributed by atoms with van der Waals surface area (Å²) in [6.07, 6.45) is 11.9. The van der Waals surface area contributed by atoms with Gasteiger partial charge in [-0.05, 0) is 87.3 Å². The van der Waals surface area contributed by atoms with Gasteiger partial charge in [-0.1, -0.05) is 0 Å². The second kappa shape index (κ2) is 11.2. The molecule has 0 amide bonds. The van der Waals surface area contributed by atoms with Crippen molar-refractivity contribution in [3.8, 4) is 0 Å². The van der Waals surface area contributed by atoms with E-state index in [-0.39, 0.29) is 0 Å². The van der Waals surface area contributed by atoms with Crippen LogP contribution in [-0.4, -0.2) is 58.0 Å². The van der Waals surface area contributed by atoms with E-state index < -0.39 is 0 Å². The van der Waals surface area contributed by atoms with Crippen LogP contribution in [0.3, 0.4) is 0 Å². The van der Waals surface area contributed by atoms with Gasteiger partial charge in [0.2, 0.25) is 0 Å². The Morgan fingerprint density at radius 3 is 1.29 bits per heavy atom. The third-order valence-electron chi connectivity index (χ3n) is 5.58. The minimum Gasteiger partial charge on any atom is -0.328 e. The van der Waals surface area contributed by atoms with Crippen LogP contribution >= 0.6 is 0 Å². The number of likely N-dealkylation sites (tertiary alicyclic amines) is 2. The lowest BCUT2D eigenvalue weighted by Gasteiger charge is -2.29. The number of hydrogen-bond donors (Lipinski definition) is 2. The molecule has 4 rings (SSSR count). The molecule has 0 atom stereocenters. The molecular weight excluding hydrogens is 348 g/mol. The zero-order valence-electron chi connectivity index (χ0n) is 16.8.